The van der Waals surface area contributed by atoms with Gasteiger partial charge < -0.3 is 15.9 Å². The van der Waals surface area contributed by atoms with Gasteiger partial charge in [-0.2, -0.15) is 0 Å². The Bertz CT molecular complexity index is 246. The second-order valence-corrected chi connectivity index (χ2v) is 2.39. The van der Waals surface area contributed by atoms with Gasteiger partial charge in [-0.05, 0) is 6.92 Å². The molecule has 0 unspecified atom stereocenters. The quantitative estimate of drug-likeness (QED) is 0.551. The Hall–Kier alpha value is -1.23. The number of aliphatic hydroxyl groups is 1. The van der Waals surface area contributed by atoms with Crippen LogP contribution in [0, 0.1) is 0 Å². The van der Waals surface area contributed by atoms with Crippen LogP contribution in [0.5, 0.6) is 5.88 Å². The van der Waals surface area contributed by atoms with Crippen molar-refractivity contribution < 1.29 is 10.2 Å². The molecule has 62 valence electrons. The fourth-order valence-corrected chi connectivity index (χ4v) is 0.780. The van der Waals surface area contributed by atoms with Crippen LogP contribution in [0.15, 0.2) is 6.33 Å². The Morgan fingerprint density at radius 2 is 2.45 bits per heavy atom. The molecular formula is C6H11N3O2. The van der Waals surface area contributed by atoms with Crippen LogP contribution in [0.2, 0.25) is 0 Å². The molecule has 1 heterocycles. The van der Waals surface area contributed by atoms with Gasteiger partial charge in [0.2, 0.25) is 5.88 Å². The van der Waals surface area contributed by atoms with Gasteiger partial charge in [-0.3, -0.25) is 4.57 Å². The Kier molecular flexibility index (Phi) is 2.00. The summed E-state index contributed by atoms with van der Waals surface area (Å²) in [7, 11) is 0. The highest BCUT2D eigenvalue weighted by Crippen LogP contribution is 2.21. The molecule has 0 amide bonds. The summed E-state index contributed by atoms with van der Waals surface area (Å²) in [6, 6.07) is -0.195. The molecule has 1 atom stereocenters. The van der Waals surface area contributed by atoms with E-state index in [9.17, 15) is 5.11 Å². The number of anilines is 1. The molecule has 0 aliphatic carbocycles. The summed E-state index contributed by atoms with van der Waals surface area (Å²) >= 11 is 0. The zero-order chi connectivity index (χ0) is 8.43. The molecule has 1 aromatic heterocycles. The van der Waals surface area contributed by atoms with Gasteiger partial charge in [0.15, 0.2) is 5.82 Å². The van der Waals surface area contributed by atoms with Crippen LogP contribution in [-0.2, 0) is 0 Å². The van der Waals surface area contributed by atoms with E-state index in [1.165, 1.54) is 10.9 Å². The third kappa shape index (κ3) is 1.27. The van der Waals surface area contributed by atoms with Crippen LogP contribution in [0.3, 0.4) is 0 Å². The molecule has 0 fully saturated rings. The number of nitrogen functional groups attached to an aromatic ring is 1. The summed E-state index contributed by atoms with van der Waals surface area (Å²) in [5.74, 6) is -0.00292. The monoisotopic (exact) mass is 157 g/mol. The van der Waals surface area contributed by atoms with Crippen molar-refractivity contribution in [3.05, 3.63) is 6.33 Å². The number of nitrogens with zero attached hydrogens (tertiary/aromatic N) is 2. The molecule has 5 heteroatoms. The van der Waals surface area contributed by atoms with Gasteiger partial charge in [-0.1, -0.05) is 0 Å². The number of aromatic nitrogens is 2. The first kappa shape index (κ1) is 7.87. The van der Waals surface area contributed by atoms with E-state index in [0.29, 0.717) is 0 Å². The summed E-state index contributed by atoms with van der Waals surface area (Å²) in [4.78, 5) is 3.66. The number of rotatable bonds is 2. The smallest absolute Gasteiger partial charge is 0.236 e. The minimum atomic E-state index is -0.195. The lowest BCUT2D eigenvalue weighted by atomic mass is 10.4. The van der Waals surface area contributed by atoms with Crippen LogP contribution in [0.4, 0.5) is 5.82 Å². The van der Waals surface area contributed by atoms with Gasteiger partial charge in [-0.15, -0.1) is 0 Å². The van der Waals surface area contributed by atoms with E-state index in [4.69, 9.17) is 10.8 Å². The first-order valence-corrected chi connectivity index (χ1v) is 3.29. The Balaban J connectivity index is 2.94. The topological polar surface area (TPSA) is 84.3 Å². The summed E-state index contributed by atoms with van der Waals surface area (Å²) in [6.45, 7) is 1.70. The molecule has 0 radical (unpaired) electrons. The Morgan fingerprint density at radius 3 is 2.82 bits per heavy atom. The van der Waals surface area contributed by atoms with Crippen molar-refractivity contribution in [2.45, 2.75) is 13.0 Å². The number of hydrogen-bond donors (Lipinski definition) is 3. The maximum Gasteiger partial charge on any atom is 0.236 e. The van der Waals surface area contributed by atoms with Crippen LogP contribution < -0.4 is 5.73 Å². The van der Waals surface area contributed by atoms with E-state index in [1.807, 2.05) is 0 Å². The van der Waals surface area contributed by atoms with Gasteiger partial charge in [-0.25, -0.2) is 4.98 Å². The maximum absolute atomic E-state index is 9.20. The van der Waals surface area contributed by atoms with Gasteiger partial charge in [0.25, 0.3) is 0 Å². The second kappa shape index (κ2) is 2.79. The van der Waals surface area contributed by atoms with Crippen molar-refractivity contribution in [3.8, 4) is 5.88 Å². The summed E-state index contributed by atoms with van der Waals surface area (Å²) in [5, 5.41) is 17.9. The molecule has 1 rings (SSSR count). The van der Waals surface area contributed by atoms with Crippen LogP contribution in [-0.4, -0.2) is 26.4 Å². The predicted molar refractivity (Wildman–Crippen MR) is 40.1 cm³/mol. The molecule has 11 heavy (non-hydrogen) atoms. The van der Waals surface area contributed by atoms with E-state index < -0.39 is 0 Å². The van der Waals surface area contributed by atoms with Gasteiger partial charge in [0.1, 0.15) is 6.33 Å². The number of imidazole rings is 1. The van der Waals surface area contributed by atoms with Crippen LogP contribution in [0.25, 0.3) is 0 Å². The van der Waals surface area contributed by atoms with Crippen molar-refractivity contribution in [1.82, 2.24) is 9.55 Å². The fourth-order valence-electron chi connectivity index (χ4n) is 0.780. The number of nitrogens with two attached hydrogens (primary N) is 1. The zero-order valence-corrected chi connectivity index (χ0v) is 6.23. The highest BCUT2D eigenvalue weighted by atomic mass is 16.3. The lowest BCUT2D eigenvalue weighted by Gasteiger charge is -2.09. The normalized spacial score (nSPS) is 13.3. The molecular weight excluding hydrogens is 146 g/mol. The third-order valence-corrected chi connectivity index (χ3v) is 1.53. The standard InChI is InChI=1S/C6H11N3O2/c1-4(2-10)9-3-8-5(7)6(9)11/h3-4,10-11H,2,7H2,1H3/t4-/m0/s1. The fraction of sp³-hybridized carbons (Fsp3) is 0.500. The molecule has 0 aliphatic heterocycles. The largest absolute Gasteiger partial charge is 0.492 e. The minimum absolute atomic E-state index is 0.0522. The molecule has 4 N–H and O–H groups in total. The summed E-state index contributed by atoms with van der Waals surface area (Å²) in [5.41, 5.74) is 5.27. The molecule has 0 aromatic carbocycles. The maximum atomic E-state index is 9.20. The van der Waals surface area contributed by atoms with E-state index in [2.05, 4.69) is 4.98 Å². The minimum Gasteiger partial charge on any atom is -0.492 e. The number of hydrogen-bond acceptors (Lipinski definition) is 4. The van der Waals surface area contributed by atoms with E-state index in [1.54, 1.807) is 6.92 Å². The lowest BCUT2D eigenvalue weighted by Crippen LogP contribution is -2.07. The van der Waals surface area contributed by atoms with Gasteiger partial charge in [0, 0.05) is 0 Å². The Labute approximate surface area is 64.1 Å². The van der Waals surface area contributed by atoms with Crippen LogP contribution in [0.1, 0.15) is 13.0 Å². The molecule has 0 bridgehead atoms. The van der Waals surface area contributed by atoms with Crippen molar-refractivity contribution in [2.24, 2.45) is 0 Å². The van der Waals surface area contributed by atoms with Crippen LogP contribution >= 0.6 is 0 Å². The average Bonchev–Trinajstić information content (AvgIpc) is 2.32. The number of aliphatic hydroxyl groups excluding tert-OH is 1. The highest BCUT2D eigenvalue weighted by molar-refractivity contribution is 5.39. The lowest BCUT2D eigenvalue weighted by molar-refractivity contribution is 0.229. The Morgan fingerprint density at radius 1 is 1.82 bits per heavy atom. The SMILES string of the molecule is C[C@@H](CO)n1cnc(N)c1O. The molecule has 5 nitrogen and oxygen atoms in total. The molecule has 0 spiro atoms. The second-order valence-electron chi connectivity index (χ2n) is 2.39. The zero-order valence-electron chi connectivity index (χ0n) is 6.23. The molecule has 0 aliphatic rings. The summed E-state index contributed by atoms with van der Waals surface area (Å²) in [6.07, 6.45) is 1.39. The first-order valence-electron chi connectivity index (χ1n) is 3.29. The van der Waals surface area contributed by atoms with Crippen molar-refractivity contribution in [2.75, 3.05) is 12.3 Å². The van der Waals surface area contributed by atoms with E-state index in [0.717, 1.165) is 0 Å². The average molecular weight is 157 g/mol. The molecule has 0 saturated carbocycles. The predicted octanol–water partition coefficient (Wildman–Crippen LogP) is -0.276. The van der Waals surface area contributed by atoms with E-state index in [-0.39, 0.29) is 24.3 Å². The molecule has 1 aromatic rings. The van der Waals surface area contributed by atoms with Crippen molar-refractivity contribution in [3.63, 3.8) is 0 Å². The van der Waals surface area contributed by atoms with Gasteiger partial charge >= 0.3 is 0 Å². The summed E-state index contributed by atoms with van der Waals surface area (Å²) < 4.78 is 1.41. The first-order chi connectivity index (χ1) is 5.16. The van der Waals surface area contributed by atoms with Crippen molar-refractivity contribution >= 4 is 5.82 Å². The highest BCUT2D eigenvalue weighted by Gasteiger charge is 2.10. The van der Waals surface area contributed by atoms with Crippen molar-refractivity contribution in [1.29, 1.82) is 0 Å². The van der Waals surface area contributed by atoms with Gasteiger partial charge in [0.05, 0.1) is 12.6 Å². The number of aromatic hydroxyl groups is 1. The third-order valence-electron chi connectivity index (χ3n) is 1.53. The molecule has 0 saturated heterocycles. The van der Waals surface area contributed by atoms with E-state index >= 15 is 0 Å².